The smallest absolute Gasteiger partial charge is 0.292 e. The molecule has 0 bridgehead atoms. The Kier molecular flexibility index (Phi) is 2.51. The van der Waals surface area contributed by atoms with Gasteiger partial charge in [0.25, 0.3) is 5.69 Å². The molecule has 1 rings (SSSR count). The van der Waals surface area contributed by atoms with Crippen LogP contribution in [0.15, 0.2) is 18.2 Å². The Balaban J connectivity index is 3.26. The molecular formula is C9H12N2O2. The number of nitrogens with zero attached hydrogens (tertiary/aromatic N) is 1. The molecule has 0 aliphatic carbocycles. The molecule has 0 fully saturated rings. The maximum atomic E-state index is 10.5. The van der Waals surface area contributed by atoms with Gasteiger partial charge in [-0.1, -0.05) is 26.0 Å². The van der Waals surface area contributed by atoms with Crippen molar-refractivity contribution in [2.45, 2.75) is 19.8 Å². The highest BCUT2D eigenvalue weighted by molar-refractivity contribution is 5.63. The number of anilines is 1. The quantitative estimate of drug-likeness (QED) is 0.431. The highest BCUT2D eigenvalue weighted by Gasteiger charge is 2.15. The van der Waals surface area contributed by atoms with E-state index in [1.807, 2.05) is 19.9 Å². The number of hydrogen-bond donors (Lipinski definition) is 1. The summed E-state index contributed by atoms with van der Waals surface area (Å²) >= 11 is 0. The lowest BCUT2D eigenvalue weighted by Crippen LogP contribution is -2.01. The van der Waals surface area contributed by atoms with Crippen molar-refractivity contribution in [3.05, 3.63) is 33.9 Å². The molecule has 70 valence electrons. The first kappa shape index (κ1) is 9.51. The fourth-order valence-electron chi connectivity index (χ4n) is 1.23. The van der Waals surface area contributed by atoms with Crippen LogP contribution in [0.3, 0.4) is 0 Å². The van der Waals surface area contributed by atoms with Crippen molar-refractivity contribution >= 4 is 11.4 Å². The van der Waals surface area contributed by atoms with Crippen molar-refractivity contribution in [2.24, 2.45) is 0 Å². The maximum Gasteiger partial charge on any atom is 0.292 e. The summed E-state index contributed by atoms with van der Waals surface area (Å²) in [5.74, 6) is 0.208. The van der Waals surface area contributed by atoms with Gasteiger partial charge in [0.2, 0.25) is 0 Å². The molecule has 1 aromatic rings. The fourth-order valence-corrected chi connectivity index (χ4v) is 1.23. The average Bonchev–Trinajstić information content (AvgIpc) is 2.03. The Morgan fingerprint density at radius 2 is 2.08 bits per heavy atom. The fraction of sp³-hybridized carbons (Fsp3) is 0.333. The monoisotopic (exact) mass is 180 g/mol. The zero-order valence-electron chi connectivity index (χ0n) is 7.65. The van der Waals surface area contributed by atoms with Gasteiger partial charge in [-0.05, 0) is 11.5 Å². The number of hydrogen-bond acceptors (Lipinski definition) is 3. The third-order valence-electron chi connectivity index (χ3n) is 1.94. The molecule has 0 aliphatic rings. The van der Waals surface area contributed by atoms with E-state index in [-0.39, 0.29) is 17.3 Å². The maximum absolute atomic E-state index is 10.5. The molecule has 0 saturated heterocycles. The van der Waals surface area contributed by atoms with Crippen LogP contribution in [-0.2, 0) is 0 Å². The van der Waals surface area contributed by atoms with Gasteiger partial charge in [-0.15, -0.1) is 0 Å². The third kappa shape index (κ3) is 1.77. The van der Waals surface area contributed by atoms with E-state index in [2.05, 4.69) is 0 Å². The van der Waals surface area contributed by atoms with Gasteiger partial charge in [0.1, 0.15) is 5.69 Å². The molecule has 0 aromatic heterocycles. The van der Waals surface area contributed by atoms with Gasteiger partial charge >= 0.3 is 0 Å². The van der Waals surface area contributed by atoms with E-state index in [0.29, 0.717) is 0 Å². The van der Waals surface area contributed by atoms with Gasteiger partial charge in [-0.2, -0.15) is 0 Å². The summed E-state index contributed by atoms with van der Waals surface area (Å²) in [4.78, 5) is 10.1. The van der Waals surface area contributed by atoms with Gasteiger partial charge < -0.3 is 5.73 Å². The minimum absolute atomic E-state index is 0.00815. The van der Waals surface area contributed by atoms with Crippen LogP contribution in [0, 0.1) is 10.1 Å². The molecular weight excluding hydrogens is 168 g/mol. The summed E-state index contributed by atoms with van der Waals surface area (Å²) in [5.41, 5.74) is 6.74. The number of nitro benzene ring substituents is 1. The van der Waals surface area contributed by atoms with Gasteiger partial charge in [0.05, 0.1) is 4.92 Å². The number of para-hydroxylation sites is 1. The predicted molar refractivity (Wildman–Crippen MR) is 51.6 cm³/mol. The first-order valence-electron chi connectivity index (χ1n) is 4.06. The minimum Gasteiger partial charge on any atom is -0.393 e. The topological polar surface area (TPSA) is 69.2 Å². The summed E-state index contributed by atoms with van der Waals surface area (Å²) < 4.78 is 0. The van der Waals surface area contributed by atoms with Crippen molar-refractivity contribution in [3.8, 4) is 0 Å². The summed E-state index contributed by atoms with van der Waals surface area (Å²) in [6.45, 7) is 3.91. The first-order chi connectivity index (χ1) is 6.04. The van der Waals surface area contributed by atoms with Crippen LogP contribution < -0.4 is 5.73 Å². The SMILES string of the molecule is CC(C)c1cccc([N+](=O)[O-])c1N. The number of nitrogens with two attached hydrogens (primary N) is 1. The van der Waals surface area contributed by atoms with E-state index in [4.69, 9.17) is 5.73 Å². The van der Waals surface area contributed by atoms with Crippen molar-refractivity contribution in [3.63, 3.8) is 0 Å². The second kappa shape index (κ2) is 3.43. The third-order valence-corrected chi connectivity index (χ3v) is 1.94. The molecule has 0 aliphatic heterocycles. The van der Waals surface area contributed by atoms with Crippen molar-refractivity contribution in [1.29, 1.82) is 0 Å². The molecule has 13 heavy (non-hydrogen) atoms. The summed E-state index contributed by atoms with van der Waals surface area (Å²) in [6.07, 6.45) is 0. The molecule has 0 amide bonds. The Labute approximate surface area is 76.5 Å². The number of nitro groups is 1. The average molecular weight is 180 g/mol. The van der Waals surface area contributed by atoms with E-state index < -0.39 is 4.92 Å². The minimum atomic E-state index is -0.457. The number of rotatable bonds is 2. The zero-order chi connectivity index (χ0) is 10.0. The molecule has 2 N–H and O–H groups in total. The summed E-state index contributed by atoms with van der Waals surface area (Å²) in [5, 5.41) is 10.5. The van der Waals surface area contributed by atoms with Crippen molar-refractivity contribution < 1.29 is 4.92 Å². The molecule has 4 heteroatoms. The van der Waals surface area contributed by atoms with Crippen LogP contribution in [0.5, 0.6) is 0 Å². The number of nitrogen functional groups attached to an aromatic ring is 1. The highest BCUT2D eigenvalue weighted by atomic mass is 16.6. The second-order valence-corrected chi connectivity index (χ2v) is 3.19. The lowest BCUT2D eigenvalue weighted by Gasteiger charge is -2.08. The van der Waals surface area contributed by atoms with Crippen LogP contribution in [0.25, 0.3) is 0 Å². The van der Waals surface area contributed by atoms with E-state index in [0.717, 1.165) is 5.56 Å². The molecule has 0 unspecified atom stereocenters. The van der Waals surface area contributed by atoms with Crippen LogP contribution in [0.4, 0.5) is 11.4 Å². The Morgan fingerprint density at radius 3 is 2.54 bits per heavy atom. The zero-order valence-corrected chi connectivity index (χ0v) is 7.65. The Morgan fingerprint density at radius 1 is 1.46 bits per heavy atom. The van der Waals surface area contributed by atoms with Gasteiger partial charge in [-0.25, -0.2) is 0 Å². The molecule has 0 heterocycles. The lowest BCUT2D eigenvalue weighted by atomic mass is 10.0. The standard InChI is InChI=1S/C9H12N2O2/c1-6(2)7-4-3-5-8(9(7)10)11(12)13/h3-6H,10H2,1-2H3. The molecule has 4 nitrogen and oxygen atoms in total. The molecule has 0 radical (unpaired) electrons. The second-order valence-electron chi connectivity index (χ2n) is 3.19. The van der Waals surface area contributed by atoms with Crippen LogP contribution in [0.1, 0.15) is 25.3 Å². The lowest BCUT2D eigenvalue weighted by molar-refractivity contribution is -0.384. The Hall–Kier alpha value is -1.58. The summed E-state index contributed by atoms with van der Waals surface area (Å²) in [7, 11) is 0. The van der Waals surface area contributed by atoms with Crippen molar-refractivity contribution in [1.82, 2.24) is 0 Å². The normalized spacial score (nSPS) is 10.4. The van der Waals surface area contributed by atoms with Crippen LogP contribution in [0.2, 0.25) is 0 Å². The van der Waals surface area contributed by atoms with Gasteiger partial charge in [0.15, 0.2) is 0 Å². The van der Waals surface area contributed by atoms with E-state index in [1.54, 1.807) is 6.07 Å². The number of benzene rings is 1. The highest BCUT2D eigenvalue weighted by Crippen LogP contribution is 2.29. The molecule has 0 spiro atoms. The van der Waals surface area contributed by atoms with Crippen LogP contribution >= 0.6 is 0 Å². The molecule has 1 aromatic carbocycles. The molecule has 0 atom stereocenters. The van der Waals surface area contributed by atoms with Crippen molar-refractivity contribution in [2.75, 3.05) is 5.73 Å². The van der Waals surface area contributed by atoms with E-state index in [9.17, 15) is 10.1 Å². The Bertz CT molecular complexity index is 334. The van der Waals surface area contributed by atoms with Crippen LogP contribution in [-0.4, -0.2) is 4.92 Å². The largest absolute Gasteiger partial charge is 0.393 e. The molecule has 0 saturated carbocycles. The van der Waals surface area contributed by atoms with Gasteiger partial charge in [-0.3, -0.25) is 10.1 Å². The summed E-state index contributed by atoms with van der Waals surface area (Å²) in [6, 6.07) is 4.89. The van der Waals surface area contributed by atoms with E-state index in [1.165, 1.54) is 6.07 Å². The van der Waals surface area contributed by atoms with Gasteiger partial charge in [0, 0.05) is 6.07 Å². The first-order valence-corrected chi connectivity index (χ1v) is 4.06. The predicted octanol–water partition coefficient (Wildman–Crippen LogP) is 2.30. The van der Waals surface area contributed by atoms with E-state index >= 15 is 0 Å².